The topological polar surface area (TPSA) is 43.1 Å². The van der Waals surface area contributed by atoms with Crippen molar-refractivity contribution in [2.75, 3.05) is 5.73 Å². The number of ketones is 1. The van der Waals surface area contributed by atoms with Gasteiger partial charge in [0, 0.05) is 11.3 Å². The van der Waals surface area contributed by atoms with Crippen molar-refractivity contribution in [3.8, 4) is 0 Å². The van der Waals surface area contributed by atoms with Gasteiger partial charge < -0.3 is 5.73 Å². The van der Waals surface area contributed by atoms with Crippen LogP contribution in [0.5, 0.6) is 0 Å². The molecule has 0 bridgehead atoms. The van der Waals surface area contributed by atoms with E-state index in [9.17, 15) is 13.6 Å². The Morgan fingerprint density at radius 1 is 1.06 bits per heavy atom. The van der Waals surface area contributed by atoms with E-state index in [0.717, 1.165) is 12.1 Å². The highest BCUT2D eigenvalue weighted by atomic mass is 79.9. The van der Waals surface area contributed by atoms with Gasteiger partial charge in [-0.1, -0.05) is 0 Å². The number of nitrogen functional groups attached to an aromatic ring is 1. The first-order valence-electron chi connectivity index (χ1n) is 5.04. The Labute approximate surface area is 111 Å². The molecule has 0 atom stereocenters. The predicted octanol–water partition coefficient (Wildman–Crippen LogP) is 3.54. The third kappa shape index (κ3) is 2.41. The second-order valence-electron chi connectivity index (χ2n) is 3.70. The molecule has 0 heterocycles. The molecular formula is C13H8BrF2NO. The summed E-state index contributed by atoms with van der Waals surface area (Å²) in [6, 6.07) is 7.59. The lowest BCUT2D eigenvalue weighted by Crippen LogP contribution is -2.05. The maximum atomic E-state index is 13.6. The summed E-state index contributed by atoms with van der Waals surface area (Å²) in [7, 11) is 0. The molecule has 2 aromatic carbocycles. The van der Waals surface area contributed by atoms with Crippen LogP contribution in [0.3, 0.4) is 0 Å². The molecule has 0 fully saturated rings. The number of carbonyl (C=O) groups excluding carboxylic acids is 1. The summed E-state index contributed by atoms with van der Waals surface area (Å²) in [6.07, 6.45) is 0. The average Bonchev–Trinajstić information content (AvgIpc) is 2.32. The monoisotopic (exact) mass is 311 g/mol. The van der Waals surface area contributed by atoms with Crippen molar-refractivity contribution in [1.29, 1.82) is 0 Å². The Kier molecular flexibility index (Phi) is 3.43. The van der Waals surface area contributed by atoms with Gasteiger partial charge >= 0.3 is 0 Å². The number of rotatable bonds is 2. The SMILES string of the molecule is Nc1ccc(C(=O)c2ccc(F)c(Br)c2)c(F)c1. The van der Waals surface area contributed by atoms with Gasteiger partial charge in [0.25, 0.3) is 0 Å². The highest BCUT2D eigenvalue weighted by Gasteiger charge is 2.15. The molecule has 2 rings (SSSR count). The number of hydrogen-bond acceptors (Lipinski definition) is 2. The maximum absolute atomic E-state index is 13.6. The zero-order chi connectivity index (χ0) is 13.3. The summed E-state index contributed by atoms with van der Waals surface area (Å²) in [6.45, 7) is 0. The van der Waals surface area contributed by atoms with E-state index in [1.807, 2.05) is 0 Å². The van der Waals surface area contributed by atoms with E-state index in [1.54, 1.807) is 0 Å². The third-order valence-electron chi connectivity index (χ3n) is 2.42. The zero-order valence-electron chi connectivity index (χ0n) is 9.08. The van der Waals surface area contributed by atoms with E-state index in [-0.39, 0.29) is 21.3 Å². The van der Waals surface area contributed by atoms with Gasteiger partial charge in [0.05, 0.1) is 10.0 Å². The number of nitrogens with two attached hydrogens (primary N) is 1. The van der Waals surface area contributed by atoms with Gasteiger partial charge in [-0.25, -0.2) is 8.78 Å². The average molecular weight is 312 g/mol. The fraction of sp³-hybridized carbons (Fsp3) is 0. The molecule has 0 saturated heterocycles. The lowest BCUT2D eigenvalue weighted by atomic mass is 10.0. The maximum Gasteiger partial charge on any atom is 0.196 e. The van der Waals surface area contributed by atoms with Crippen LogP contribution in [-0.2, 0) is 0 Å². The van der Waals surface area contributed by atoms with Crippen LogP contribution in [-0.4, -0.2) is 5.78 Å². The van der Waals surface area contributed by atoms with E-state index < -0.39 is 17.4 Å². The summed E-state index contributed by atoms with van der Waals surface area (Å²) in [4.78, 5) is 12.0. The minimum atomic E-state index is -0.694. The molecule has 0 amide bonds. The lowest BCUT2D eigenvalue weighted by molar-refractivity contribution is 0.103. The molecule has 18 heavy (non-hydrogen) atoms. The normalized spacial score (nSPS) is 10.4. The number of halogens is 3. The third-order valence-corrected chi connectivity index (χ3v) is 3.03. The first kappa shape index (κ1) is 12.7. The summed E-state index contributed by atoms with van der Waals surface area (Å²) in [5.41, 5.74) is 5.75. The van der Waals surface area contributed by atoms with E-state index in [4.69, 9.17) is 5.73 Å². The van der Waals surface area contributed by atoms with Crippen LogP contribution in [0.4, 0.5) is 14.5 Å². The minimum absolute atomic E-state index is 0.0947. The zero-order valence-corrected chi connectivity index (χ0v) is 10.7. The molecule has 0 saturated carbocycles. The van der Waals surface area contributed by atoms with Crippen LogP contribution in [0.1, 0.15) is 15.9 Å². The standard InChI is InChI=1S/C13H8BrF2NO/c14-10-5-7(1-4-11(10)15)13(18)9-3-2-8(17)6-12(9)16/h1-6H,17H2. The smallest absolute Gasteiger partial charge is 0.196 e. The summed E-state index contributed by atoms with van der Waals surface area (Å²) < 4.78 is 26.8. The number of carbonyl (C=O) groups is 1. The molecule has 0 aliphatic carbocycles. The molecule has 2 N–H and O–H groups in total. The fourth-order valence-corrected chi connectivity index (χ4v) is 1.89. The molecule has 2 nitrogen and oxygen atoms in total. The second-order valence-corrected chi connectivity index (χ2v) is 4.55. The summed E-state index contributed by atoms with van der Waals surface area (Å²) >= 11 is 2.98. The first-order chi connectivity index (χ1) is 8.49. The van der Waals surface area contributed by atoms with Gasteiger partial charge in [0.2, 0.25) is 0 Å². The second kappa shape index (κ2) is 4.86. The largest absolute Gasteiger partial charge is 0.399 e. The Morgan fingerprint density at radius 2 is 1.78 bits per heavy atom. The van der Waals surface area contributed by atoms with Crippen LogP contribution in [0.25, 0.3) is 0 Å². The molecule has 0 unspecified atom stereocenters. The van der Waals surface area contributed by atoms with Crippen molar-refractivity contribution in [3.05, 3.63) is 63.6 Å². The molecular weight excluding hydrogens is 304 g/mol. The van der Waals surface area contributed by atoms with Gasteiger partial charge in [-0.2, -0.15) is 0 Å². The molecule has 5 heteroatoms. The summed E-state index contributed by atoms with van der Waals surface area (Å²) in [5, 5.41) is 0. The van der Waals surface area contributed by atoms with E-state index in [0.29, 0.717) is 0 Å². The number of anilines is 1. The molecule has 0 aromatic heterocycles. The van der Waals surface area contributed by atoms with Gasteiger partial charge in [-0.15, -0.1) is 0 Å². The van der Waals surface area contributed by atoms with Crippen LogP contribution in [0.15, 0.2) is 40.9 Å². The Hall–Kier alpha value is -1.75. The molecule has 0 spiro atoms. The predicted molar refractivity (Wildman–Crippen MR) is 68.3 cm³/mol. The van der Waals surface area contributed by atoms with E-state index >= 15 is 0 Å². The fourth-order valence-electron chi connectivity index (χ4n) is 1.51. The highest BCUT2D eigenvalue weighted by molar-refractivity contribution is 9.10. The van der Waals surface area contributed by atoms with Crippen molar-refractivity contribution < 1.29 is 13.6 Å². The van der Waals surface area contributed by atoms with Crippen molar-refractivity contribution >= 4 is 27.4 Å². The lowest BCUT2D eigenvalue weighted by Gasteiger charge is -2.04. The number of hydrogen-bond donors (Lipinski definition) is 1. The van der Waals surface area contributed by atoms with Crippen LogP contribution in [0, 0.1) is 11.6 Å². The Morgan fingerprint density at radius 3 is 2.39 bits per heavy atom. The van der Waals surface area contributed by atoms with Crippen molar-refractivity contribution in [2.45, 2.75) is 0 Å². The van der Waals surface area contributed by atoms with Crippen molar-refractivity contribution in [2.24, 2.45) is 0 Å². The molecule has 0 aliphatic heterocycles. The van der Waals surface area contributed by atoms with Gasteiger partial charge in [-0.3, -0.25) is 4.79 Å². The molecule has 0 aliphatic rings. The Bertz CT molecular complexity index is 628. The van der Waals surface area contributed by atoms with Crippen molar-refractivity contribution in [3.63, 3.8) is 0 Å². The molecule has 0 radical (unpaired) electrons. The van der Waals surface area contributed by atoms with E-state index in [1.165, 1.54) is 24.3 Å². The molecule has 92 valence electrons. The van der Waals surface area contributed by atoms with Gasteiger partial charge in [0.15, 0.2) is 5.78 Å². The Balaban J connectivity index is 2.44. The quantitative estimate of drug-likeness (QED) is 0.681. The first-order valence-corrected chi connectivity index (χ1v) is 5.83. The summed E-state index contributed by atoms with van der Waals surface area (Å²) in [5.74, 6) is -1.70. The van der Waals surface area contributed by atoms with Crippen LogP contribution in [0.2, 0.25) is 0 Å². The minimum Gasteiger partial charge on any atom is -0.399 e. The molecule has 2 aromatic rings. The van der Waals surface area contributed by atoms with Gasteiger partial charge in [0.1, 0.15) is 11.6 Å². The van der Waals surface area contributed by atoms with Crippen LogP contribution < -0.4 is 5.73 Å². The number of benzene rings is 2. The van der Waals surface area contributed by atoms with Gasteiger partial charge in [-0.05, 0) is 52.3 Å². The van der Waals surface area contributed by atoms with E-state index in [2.05, 4.69) is 15.9 Å². The van der Waals surface area contributed by atoms with Crippen molar-refractivity contribution in [1.82, 2.24) is 0 Å². The highest BCUT2D eigenvalue weighted by Crippen LogP contribution is 2.21. The van der Waals surface area contributed by atoms with Crippen LogP contribution >= 0.6 is 15.9 Å².